The van der Waals surface area contributed by atoms with E-state index in [1.165, 1.54) is 6.20 Å². The first kappa shape index (κ1) is 25.8. The van der Waals surface area contributed by atoms with Crippen molar-refractivity contribution in [3.63, 3.8) is 0 Å². The number of nitrogens with one attached hydrogen (secondary N) is 1. The predicted octanol–water partition coefficient (Wildman–Crippen LogP) is 1.75. The maximum Gasteiger partial charge on any atom is 0.285 e. The zero-order valence-electron chi connectivity index (χ0n) is 20.2. The molecule has 192 valence electrons. The number of sulfonamides is 1. The highest BCUT2D eigenvalue weighted by Gasteiger charge is 2.44. The van der Waals surface area contributed by atoms with Crippen molar-refractivity contribution >= 4 is 33.3 Å². The molecule has 2 heterocycles. The second-order valence-corrected chi connectivity index (χ2v) is 10.5. The molecule has 4 rings (SSSR count). The van der Waals surface area contributed by atoms with E-state index in [0.717, 1.165) is 22.9 Å². The summed E-state index contributed by atoms with van der Waals surface area (Å²) < 4.78 is 30.0. The minimum Gasteiger partial charge on any atom is -0.467 e. The smallest absolute Gasteiger partial charge is 0.285 e. The van der Waals surface area contributed by atoms with Crippen LogP contribution < -0.4 is 20.1 Å². The first-order valence-electron chi connectivity index (χ1n) is 11.4. The molecule has 11 heteroatoms. The quantitative estimate of drug-likeness (QED) is 0.404. The van der Waals surface area contributed by atoms with Crippen molar-refractivity contribution in [1.82, 2.24) is 9.71 Å². The molecule has 37 heavy (non-hydrogen) atoms. The van der Waals surface area contributed by atoms with E-state index in [-0.39, 0.29) is 5.88 Å². The Bertz CT molecular complexity index is 1460. The molecule has 3 N–H and O–H groups in total. The summed E-state index contributed by atoms with van der Waals surface area (Å²) in [5.41, 5.74) is 9.34. The molecule has 2 unspecified atom stereocenters. The van der Waals surface area contributed by atoms with E-state index in [9.17, 15) is 22.8 Å². The Kier molecular flexibility index (Phi) is 7.25. The van der Waals surface area contributed by atoms with Gasteiger partial charge in [0.05, 0.1) is 17.7 Å². The summed E-state index contributed by atoms with van der Waals surface area (Å²) in [6.07, 6.45) is 2.31. The number of ketones is 1. The third-order valence-electron chi connectivity index (χ3n) is 6.13. The highest BCUT2D eigenvalue weighted by Crippen LogP contribution is 2.46. The van der Waals surface area contributed by atoms with Crippen LogP contribution in [-0.4, -0.2) is 49.9 Å². The van der Waals surface area contributed by atoms with Gasteiger partial charge in [-0.05, 0) is 29.7 Å². The Labute approximate surface area is 214 Å². The Morgan fingerprint density at radius 3 is 2.41 bits per heavy atom. The van der Waals surface area contributed by atoms with Gasteiger partial charge < -0.3 is 15.4 Å². The Hall–Kier alpha value is -4.25. The molecule has 0 fully saturated rings. The van der Waals surface area contributed by atoms with Gasteiger partial charge in [0, 0.05) is 24.5 Å². The summed E-state index contributed by atoms with van der Waals surface area (Å²) in [6.45, 7) is 1.55. The van der Waals surface area contributed by atoms with E-state index in [1.807, 2.05) is 64.2 Å². The highest BCUT2D eigenvalue weighted by atomic mass is 32.2. The van der Waals surface area contributed by atoms with Gasteiger partial charge in [0.2, 0.25) is 21.7 Å². The van der Waals surface area contributed by atoms with Crippen LogP contribution in [0.5, 0.6) is 5.88 Å². The van der Waals surface area contributed by atoms with Crippen LogP contribution in [-0.2, 0) is 31.0 Å². The van der Waals surface area contributed by atoms with E-state index >= 15 is 0 Å². The van der Waals surface area contributed by atoms with Crippen LogP contribution in [0.3, 0.4) is 0 Å². The average molecular weight is 523 g/mol. The molecular weight excluding hydrogens is 496 g/mol. The number of hydrogen-bond acceptors (Lipinski definition) is 8. The number of nitrogens with two attached hydrogens (primary N) is 1. The third kappa shape index (κ3) is 5.61. The number of carbonyl (C=O) groups excluding carboxylic acids is 3. The standard InChI is InChI=1S/C26H26N4O6S/c1-16-22(24(32)25(27)33)23-20(12-13-28-26(23)36-15-21(31)29-37(2,34)35)30(16)14-18-10-6-7-11-19(18)17-8-4-3-5-9-17/h3-13,16,22H,14-15H2,1-2H3,(H2,27,33)(H,29,31). The van der Waals surface area contributed by atoms with E-state index in [2.05, 4.69) is 4.98 Å². The molecule has 3 aromatic rings. The summed E-state index contributed by atoms with van der Waals surface area (Å²) in [6, 6.07) is 19.0. The topological polar surface area (TPSA) is 149 Å². The third-order valence-corrected chi connectivity index (χ3v) is 6.73. The number of Topliss-reactive ketones (excluding diaryl/α,β-unsaturated/α-hetero) is 1. The van der Waals surface area contributed by atoms with Crippen molar-refractivity contribution in [2.45, 2.75) is 25.4 Å². The Morgan fingerprint density at radius 1 is 1.05 bits per heavy atom. The molecule has 0 saturated carbocycles. The summed E-state index contributed by atoms with van der Waals surface area (Å²) in [7, 11) is -3.78. The van der Waals surface area contributed by atoms with E-state index in [1.54, 1.807) is 13.0 Å². The van der Waals surface area contributed by atoms with E-state index < -0.39 is 46.2 Å². The molecule has 2 atom stereocenters. The monoisotopic (exact) mass is 522 g/mol. The number of rotatable bonds is 9. The molecule has 0 spiro atoms. The molecule has 1 aliphatic rings. The number of ether oxygens (including phenoxy) is 1. The molecular formula is C26H26N4O6S. The number of nitrogens with zero attached hydrogens (tertiary/aromatic N) is 2. The molecule has 2 amide bonds. The number of anilines is 1. The SMILES string of the molecule is CC1C(C(=O)C(N)=O)c2c(ccnc2OCC(=O)NS(C)(=O)=O)N1Cc1ccccc1-c1ccccc1. The molecule has 0 saturated heterocycles. The lowest BCUT2D eigenvalue weighted by Gasteiger charge is -2.27. The summed E-state index contributed by atoms with van der Waals surface area (Å²) >= 11 is 0. The van der Waals surface area contributed by atoms with Crippen LogP contribution in [0.2, 0.25) is 0 Å². The van der Waals surface area contributed by atoms with Crippen LogP contribution >= 0.6 is 0 Å². The molecule has 0 bridgehead atoms. The zero-order valence-corrected chi connectivity index (χ0v) is 21.1. The van der Waals surface area contributed by atoms with Crippen LogP contribution in [0, 0.1) is 0 Å². The van der Waals surface area contributed by atoms with Gasteiger partial charge in [-0.25, -0.2) is 13.4 Å². The molecule has 1 aliphatic heterocycles. The highest BCUT2D eigenvalue weighted by molar-refractivity contribution is 7.89. The van der Waals surface area contributed by atoms with Gasteiger partial charge in [0.25, 0.3) is 11.8 Å². The number of amides is 2. The molecule has 0 aliphatic carbocycles. The second-order valence-electron chi connectivity index (χ2n) is 8.73. The normalized spacial score (nSPS) is 16.6. The van der Waals surface area contributed by atoms with Crippen molar-refractivity contribution in [3.05, 3.63) is 78.0 Å². The van der Waals surface area contributed by atoms with Crippen LogP contribution in [0.4, 0.5) is 5.69 Å². The zero-order chi connectivity index (χ0) is 26.7. The van der Waals surface area contributed by atoms with Crippen LogP contribution in [0.15, 0.2) is 66.9 Å². The maximum atomic E-state index is 12.9. The number of hydrogen-bond donors (Lipinski definition) is 2. The van der Waals surface area contributed by atoms with Crippen molar-refractivity contribution in [2.24, 2.45) is 5.73 Å². The first-order valence-corrected chi connectivity index (χ1v) is 13.3. The number of fused-ring (bicyclic) bond motifs is 1. The second kappa shape index (κ2) is 10.4. The maximum absolute atomic E-state index is 12.9. The lowest BCUT2D eigenvalue weighted by Crippen LogP contribution is -2.38. The van der Waals surface area contributed by atoms with Crippen molar-refractivity contribution in [2.75, 3.05) is 17.8 Å². The largest absolute Gasteiger partial charge is 0.467 e. The molecule has 10 nitrogen and oxygen atoms in total. The fraction of sp³-hybridized carbons (Fsp3) is 0.231. The lowest BCUT2D eigenvalue weighted by molar-refractivity contribution is -0.137. The van der Waals surface area contributed by atoms with E-state index in [4.69, 9.17) is 10.5 Å². The van der Waals surface area contributed by atoms with Crippen molar-refractivity contribution in [1.29, 1.82) is 0 Å². The van der Waals surface area contributed by atoms with Gasteiger partial charge in [-0.2, -0.15) is 0 Å². The fourth-order valence-electron chi connectivity index (χ4n) is 4.59. The van der Waals surface area contributed by atoms with Crippen molar-refractivity contribution < 1.29 is 27.5 Å². The Morgan fingerprint density at radius 2 is 1.73 bits per heavy atom. The van der Waals surface area contributed by atoms with Gasteiger partial charge in [0.1, 0.15) is 0 Å². The van der Waals surface area contributed by atoms with Gasteiger partial charge in [-0.1, -0.05) is 54.6 Å². The predicted molar refractivity (Wildman–Crippen MR) is 137 cm³/mol. The van der Waals surface area contributed by atoms with Gasteiger partial charge in [0.15, 0.2) is 6.61 Å². The molecule has 0 radical (unpaired) electrons. The number of benzene rings is 2. The van der Waals surface area contributed by atoms with Gasteiger partial charge >= 0.3 is 0 Å². The molecule has 1 aromatic heterocycles. The number of carbonyl (C=O) groups is 3. The lowest BCUT2D eigenvalue weighted by atomic mass is 9.91. The van der Waals surface area contributed by atoms with Gasteiger partial charge in [-0.15, -0.1) is 0 Å². The van der Waals surface area contributed by atoms with Crippen LogP contribution in [0.1, 0.15) is 24.0 Å². The van der Waals surface area contributed by atoms with Crippen molar-refractivity contribution in [3.8, 4) is 17.0 Å². The van der Waals surface area contributed by atoms with Gasteiger partial charge in [-0.3, -0.25) is 19.1 Å². The first-order chi connectivity index (χ1) is 17.6. The average Bonchev–Trinajstić information content (AvgIpc) is 3.13. The number of aromatic nitrogens is 1. The van der Waals surface area contributed by atoms with E-state index in [0.29, 0.717) is 17.8 Å². The minimum atomic E-state index is -3.78. The Balaban J connectivity index is 1.72. The number of primary amides is 1. The number of pyridine rings is 1. The summed E-state index contributed by atoms with van der Waals surface area (Å²) in [5, 5.41) is 0. The minimum absolute atomic E-state index is 0.0496. The molecule has 2 aromatic carbocycles. The summed E-state index contributed by atoms with van der Waals surface area (Å²) in [4.78, 5) is 43.0. The summed E-state index contributed by atoms with van der Waals surface area (Å²) in [5.74, 6) is -3.85. The fourth-order valence-corrected chi connectivity index (χ4v) is 5.06. The van der Waals surface area contributed by atoms with Crippen LogP contribution in [0.25, 0.3) is 11.1 Å².